The second-order valence-electron chi connectivity index (χ2n) is 7.51. The summed E-state index contributed by atoms with van der Waals surface area (Å²) in [6, 6.07) is 17.0. The molecule has 0 aliphatic rings. The fraction of sp³-hybridized carbons (Fsp3) is 0.217. The Labute approximate surface area is 174 Å². The summed E-state index contributed by atoms with van der Waals surface area (Å²) in [5.74, 6) is -0.687. The summed E-state index contributed by atoms with van der Waals surface area (Å²) in [6.45, 7) is 3.08. The van der Waals surface area contributed by atoms with Gasteiger partial charge in [0.25, 0.3) is 0 Å². The second-order valence-corrected chi connectivity index (χ2v) is 7.95. The topological polar surface area (TPSA) is 80.2 Å². The SMILES string of the molecule is CC(C)(CC(=O)Cc1ccnc(-c2ccc(Cl)cc2-c2ccccc2)n1)C(=O)O. The largest absolute Gasteiger partial charge is 0.481 e. The third-order valence-electron chi connectivity index (χ3n) is 4.62. The third kappa shape index (κ3) is 5.06. The molecule has 3 rings (SSSR count). The lowest BCUT2D eigenvalue weighted by molar-refractivity contribution is -0.149. The fourth-order valence-electron chi connectivity index (χ4n) is 3.03. The summed E-state index contributed by atoms with van der Waals surface area (Å²) in [5, 5.41) is 9.83. The van der Waals surface area contributed by atoms with E-state index < -0.39 is 11.4 Å². The predicted molar refractivity (Wildman–Crippen MR) is 113 cm³/mol. The zero-order valence-corrected chi connectivity index (χ0v) is 17.0. The van der Waals surface area contributed by atoms with Crippen LogP contribution >= 0.6 is 11.6 Å². The number of halogens is 1. The van der Waals surface area contributed by atoms with Crippen LogP contribution in [0.1, 0.15) is 26.0 Å². The number of benzene rings is 2. The number of carbonyl (C=O) groups is 2. The predicted octanol–water partition coefficient (Wildman–Crippen LogP) is 5.08. The first kappa shape index (κ1) is 20.7. The number of hydrogen-bond donors (Lipinski definition) is 1. The Balaban J connectivity index is 1.91. The van der Waals surface area contributed by atoms with Crippen LogP contribution in [-0.4, -0.2) is 26.8 Å². The minimum Gasteiger partial charge on any atom is -0.481 e. The molecule has 0 bridgehead atoms. The second kappa shape index (κ2) is 8.53. The average molecular weight is 409 g/mol. The van der Waals surface area contributed by atoms with Crippen molar-refractivity contribution in [2.45, 2.75) is 26.7 Å². The van der Waals surface area contributed by atoms with E-state index in [2.05, 4.69) is 9.97 Å². The van der Waals surface area contributed by atoms with Gasteiger partial charge in [-0.05, 0) is 49.2 Å². The lowest BCUT2D eigenvalue weighted by atomic mass is 9.86. The zero-order chi connectivity index (χ0) is 21.0. The number of nitrogens with zero attached hydrogens (tertiary/aromatic N) is 2. The molecule has 5 nitrogen and oxygen atoms in total. The van der Waals surface area contributed by atoms with E-state index in [1.165, 1.54) is 0 Å². The molecule has 0 aliphatic heterocycles. The molecule has 3 aromatic rings. The molecule has 29 heavy (non-hydrogen) atoms. The van der Waals surface area contributed by atoms with Crippen molar-refractivity contribution in [2.75, 3.05) is 0 Å². The highest BCUT2D eigenvalue weighted by molar-refractivity contribution is 6.31. The molecular formula is C23H21ClN2O3. The normalized spacial score (nSPS) is 11.3. The van der Waals surface area contributed by atoms with Gasteiger partial charge < -0.3 is 5.11 Å². The Bertz CT molecular complexity index is 1050. The minimum atomic E-state index is -1.11. The van der Waals surface area contributed by atoms with E-state index in [0.717, 1.165) is 16.7 Å². The van der Waals surface area contributed by atoms with Gasteiger partial charge in [-0.3, -0.25) is 9.59 Å². The van der Waals surface area contributed by atoms with Crippen molar-refractivity contribution in [3.63, 3.8) is 0 Å². The maximum Gasteiger partial charge on any atom is 0.309 e. The summed E-state index contributed by atoms with van der Waals surface area (Å²) in [6.07, 6.45) is 1.61. The number of aliphatic carboxylic acids is 1. The van der Waals surface area contributed by atoms with Gasteiger partial charge in [0.05, 0.1) is 11.1 Å². The molecule has 0 radical (unpaired) electrons. The molecule has 0 aliphatic carbocycles. The van der Waals surface area contributed by atoms with Crippen molar-refractivity contribution in [1.29, 1.82) is 0 Å². The van der Waals surface area contributed by atoms with Crippen LogP contribution in [0.25, 0.3) is 22.5 Å². The molecule has 0 saturated carbocycles. The van der Waals surface area contributed by atoms with Crippen molar-refractivity contribution >= 4 is 23.4 Å². The zero-order valence-electron chi connectivity index (χ0n) is 16.2. The van der Waals surface area contributed by atoms with Gasteiger partial charge in [0.1, 0.15) is 5.78 Å². The molecule has 0 amide bonds. The van der Waals surface area contributed by atoms with Crippen molar-refractivity contribution in [3.8, 4) is 22.5 Å². The molecule has 2 aromatic carbocycles. The highest BCUT2D eigenvalue weighted by atomic mass is 35.5. The van der Waals surface area contributed by atoms with Crippen LogP contribution < -0.4 is 0 Å². The molecule has 0 spiro atoms. The Hall–Kier alpha value is -3.05. The lowest BCUT2D eigenvalue weighted by Crippen LogP contribution is -2.27. The monoisotopic (exact) mass is 408 g/mol. The maximum atomic E-state index is 12.4. The van der Waals surface area contributed by atoms with E-state index in [1.807, 2.05) is 42.5 Å². The van der Waals surface area contributed by atoms with Crippen molar-refractivity contribution in [3.05, 3.63) is 71.5 Å². The number of Topliss-reactive ketones (excluding diaryl/α,β-unsaturated/α-hetero) is 1. The number of carbonyl (C=O) groups excluding carboxylic acids is 1. The third-order valence-corrected chi connectivity index (χ3v) is 4.85. The van der Waals surface area contributed by atoms with Crippen LogP contribution in [-0.2, 0) is 16.0 Å². The summed E-state index contributed by atoms with van der Waals surface area (Å²) >= 11 is 6.21. The van der Waals surface area contributed by atoms with E-state index in [9.17, 15) is 14.7 Å². The minimum absolute atomic E-state index is 0.0560. The van der Waals surface area contributed by atoms with Crippen LogP contribution in [0, 0.1) is 5.41 Å². The van der Waals surface area contributed by atoms with Gasteiger partial charge >= 0.3 is 5.97 Å². The summed E-state index contributed by atoms with van der Waals surface area (Å²) in [4.78, 5) is 32.6. The average Bonchev–Trinajstić information content (AvgIpc) is 2.68. The van der Waals surface area contributed by atoms with Crippen LogP contribution in [0.4, 0.5) is 0 Å². The molecule has 1 N–H and O–H groups in total. The first-order valence-electron chi connectivity index (χ1n) is 9.18. The van der Waals surface area contributed by atoms with Gasteiger partial charge in [0, 0.05) is 29.6 Å². The van der Waals surface area contributed by atoms with Gasteiger partial charge in [-0.25, -0.2) is 9.97 Å². The number of ketones is 1. The van der Waals surface area contributed by atoms with Gasteiger partial charge in [-0.1, -0.05) is 41.9 Å². The van der Waals surface area contributed by atoms with Gasteiger partial charge in [0.15, 0.2) is 5.82 Å². The van der Waals surface area contributed by atoms with Crippen molar-refractivity contribution < 1.29 is 14.7 Å². The van der Waals surface area contributed by atoms with E-state index >= 15 is 0 Å². The number of hydrogen-bond acceptors (Lipinski definition) is 4. The van der Waals surface area contributed by atoms with E-state index in [-0.39, 0.29) is 18.6 Å². The first-order valence-corrected chi connectivity index (χ1v) is 9.56. The highest BCUT2D eigenvalue weighted by Crippen LogP contribution is 2.32. The molecule has 0 atom stereocenters. The number of carboxylic acids is 1. The molecule has 0 unspecified atom stereocenters. The van der Waals surface area contributed by atoms with Crippen LogP contribution in [0.2, 0.25) is 5.02 Å². The van der Waals surface area contributed by atoms with Crippen molar-refractivity contribution in [2.24, 2.45) is 5.41 Å². The van der Waals surface area contributed by atoms with E-state index in [4.69, 9.17) is 11.6 Å². The molecular weight excluding hydrogens is 388 g/mol. The van der Waals surface area contributed by atoms with E-state index in [1.54, 1.807) is 32.2 Å². The smallest absolute Gasteiger partial charge is 0.309 e. The number of carboxylic acid groups (broad SMARTS) is 1. The molecule has 148 valence electrons. The van der Waals surface area contributed by atoms with E-state index in [0.29, 0.717) is 16.5 Å². The molecule has 1 aromatic heterocycles. The van der Waals surface area contributed by atoms with Crippen molar-refractivity contribution in [1.82, 2.24) is 9.97 Å². The summed E-state index contributed by atoms with van der Waals surface area (Å²) in [7, 11) is 0. The Morgan fingerprint density at radius 3 is 2.45 bits per heavy atom. The lowest BCUT2D eigenvalue weighted by Gasteiger charge is -2.17. The van der Waals surface area contributed by atoms with Gasteiger partial charge in [-0.15, -0.1) is 0 Å². The summed E-state index contributed by atoms with van der Waals surface area (Å²) in [5.41, 5.74) is 2.13. The Kier molecular flexibility index (Phi) is 6.09. The van der Waals surface area contributed by atoms with Gasteiger partial charge in [0.2, 0.25) is 0 Å². The number of rotatable bonds is 7. The Morgan fingerprint density at radius 1 is 1.03 bits per heavy atom. The molecule has 0 fully saturated rings. The number of aromatic nitrogens is 2. The molecule has 1 heterocycles. The van der Waals surface area contributed by atoms with Crippen LogP contribution in [0.15, 0.2) is 60.8 Å². The van der Waals surface area contributed by atoms with Crippen LogP contribution in [0.5, 0.6) is 0 Å². The quantitative estimate of drug-likeness (QED) is 0.589. The maximum absolute atomic E-state index is 12.4. The van der Waals surface area contributed by atoms with Gasteiger partial charge in [-0.2, -0.15) is 0 Å². The molecule has 0 saturated heterocycles. The standard InChI is InChI=1S/C23H21ClN2O3/c1-23(2,22(28)29)14-18(27)13-17-10-11-25-21(26-17)19-9-8-16(24)12-20(19)15-6-4-3-5-7-15/h3-12H,13-14H2,1-2H3,(H,28,29). The fourth-order valence-corrected chi connectivity index (χ4v) is 3.20. The highest BCUT2D eigenvalue weighted by Gasteiger charge is 2.30. The molecule has 6 heteroatoms. The summed E-state index contributed by atoms with van der Waals surface area (Å²) < 4.78 is 0. The first-order chi connectivity index (χ1) is 13.8. The Morgan fingerprint density at radius 2 is 1.76 bits per heavy atom. The van der Waals surface area contributed by atoms with Crippen LogP contribution in [0.3, 0.4) is 0 Å².